The summed E-state index contributed by atoms with van der Waals surface area (Å²) in [5, 5.41) is 2.41. The maximum absolute atomic E-state index is 5.41. The number of aromatic amines is 1. The topological polar surface area (TPSA) is 28.7 Å². The van der Waals surface area contributed by atoms with Gasteiger partial charge in [0.2, 0.25) is 0 Å². The fraction of sp³-hybridized carbons (Fsp3) is 0. The Bertz CT molecular complexity index is 986. The van der Waals surface area contributed by atoms with Gasteiger partial charge in [-0.1, -0.05) is 36.3 Å². The molecule has 0 bridgehead atoms. The monoisotopic (exact) mass is 268 g/mol. The van der Waals surface area contributed by atoms with E-state index < -0.39 is 0 Å². The summed E-state index contributed by atoms with van der Waals surface area (Å²) in [4.78, 5) is 8.02. The van der Waals surface area contributed by atoms with Crippen LogP contribution in [-0.2, 0) is 0 Å². The van der Waals surface area contributed by atoms with Crippen molar-refractivity contribution in [2.75, 3.05) is 0 Å². The molecule has 4 aromatic rings. The maximum atomic E-state index is 5.41. The zero-order valence-corrected chi connectivity index (χ0v) is 11.3. The summed E-state index contributed by atoms with van der Waals surface area (Å²) in [6.45, 7) is 0. The highest BCUT2D eigenvalue weighted by Crippen LogP contribution is 2.31. The van der Waals surface area contributed by atoms with E-state index in [1.54, 1.807) is 0 Å². The minimum Gasteiger partial charge on any atom is -0.353 e. The van der Waals surface area contributed by atoms with Crippen LogP contribution in [0.3, 0.4) is 0 Å². The Morgan fingerprint density at radius 1 is 0.905 bits per heavy atom. The number of nitrogens with one attached hydrogen (secondary N) is 1. The molecule has 2 aromatic carbocycles. The molecule has 0 aliphatic heterocycles. The van der Waals surface area contributed by atoms with E-state index in [9.17, 15) is 0 Å². The van der Waals surface area contributed by atoms with Gasteiger partial charge in [-0.15, -0.1) is 6.42 Å². The lowest BCUT2D eigenvalue weighted by Gasteiger charge is -2.02. The molecular weight excluding hydrogens is 256 g/mol. The van der Waals surface area contributed by atoms with Gasteiger partial charge in [-0.2, -0.15) is 0 Å². The zero-order chi connectivity index (χ0) is 14.2. The molecule has 98 valence electrons. The number of fused-ring (bicyclic) bond motifs is 3. The summed E-state index contributed by atoms with van der Waals surface area (Å²) < 4.78 is 0. The molecule has 0 spiro atoms. The number of hydrogen-bond acceptors (Lipinski definition) is 1. The van der Waals surface area contributed by atoms with Gasteiger partial charge in [-0.3, -0.25) is 4.98 Å². The number of H-pyrrole nitrogens is 1. The molecule has 2 nitrogen and oxygen atoms in total. The van der Waals surface area contributed by atoms with Gasteiger partial charge >= 0.3 is 0 Å². The van der Waals surface area contributed by atoms with Crippen LogP contribution in [0.25, 0.3) is 33.1 Å². The highest BCUT2D eigenvalue weighted by atomic mass is 14.8. The highest BCUT2D eigenvalue weighted by Gasteiger charge is 2.10. The standard InChI is InChI=1S/C19H12N2/c1-2-13-7-9-14(10-8-13)18-19-16(11-12-20-18)15-5-3-4-6-17(15)21-19/h1,3-12,21H. The van der Waals surface area contributed by atoms with E-state index in [0.717, 1.165) is 27.9 Å². The lowest BCUT2D eigenvalue weighted by molar-refractivity contribution is 1.34. The second kappa shape index (κ2) is 4.50. The molecule has 0 radical (unpaired) electrons. The molecule has 21 heavy (non-hydrogen) atoms. The molecule has 0 amide bonds. The second-order valence-electron chi connectivity index (χ2n) is 4.97. The Morgan fingerprint density at radius 3 is 2.52 bits per heavy atom. The average Bonchev–Trinajstić information content (AvgIpc) is 2.94. The van der Waals surface area contributed by atoms with Gasteiger partial charge in [0.1, 0.15) is 0 Å². The Morgan fingerprint density at radius 2 is 1.71 bits per heavy atom. The van der Waals surface area contributed by atoms with E-state index in [0.29, 0.717) is 0 Å². The predicted octanol–water partition coefficient (Wildman–Crippen LogP) is 4.36. The summed E-state index contributed by atoms with van der Waals surface area (Å²) >= 11 is 0. The SMILES string of the molecule is C#Cc1ccc(-c2nccc3c2[nH]c2ccccc23)cc1. The van der Waals surface area contributed by atoms with Crippen LogP contribution in [0.15, 0.2) is 60.8 Å². The Kier molecular flexibility index (Phi) is 2.52. The van der Waals surface area contributed by atoms with Gasteiger partial charge in [0.15, 0.2) is 0 Å². The highest BCUT2D eigenvalue weighted by molar-refractivity contribution is 6.10. The van der Waals surface area contributed by atoms with Crippen LogP contribution in [0.1, 0.15) is 5.56 Å². The second-order valence-corrected chi connectivity index (χ2v) is 4.97. The zero-order valence-electron chi connectivity index (χ0n) is 11.3. The molecule has 0 unspecified atom stereocenters. The van der Waals surface area contributed by atoms with Crippen molar-refractivity contribution < 1.29 is 0 Å². The quantitative estimate of drug-likeness (QED) is 0.510. The molecule has 0 fully saturated rings. The van der Waals surface area contributed by atoms with Crippen molar-refractivity contribution in [3.05, 3.63) is 66.4 Å². The van der Waals surface area contributed by atoms with Crippen LogP contribution in [-0.4, -0.2) is 9.97 Å². The van der Waals surface area contributed by atoms with Crippen LogP contribution < -0.4 is 0 Å². The van der Waals surface area contributed by atoms with Crippen molar-refractivity contribution in [3.63, 3.8) is 0 Å². The van der Waals surface area contributed by atoms with E-state index in [1.165, 1.54) is 10.8 Å². The first-order valence-corrected chi connectivity index (χ1v) is 6.79. The molecule has 2 aromatic heterocycles. The van der Waals surface area contributed by atoms with Crippen LogP contribution in [0.5, 0.6) is 0 Å². The molecule has 0 saturated carbocycles. The smallest absolute Gasteiger partial charge is 0.0943 e. The van der Waals surface area contributed by atoms with Crippen LogP contribution in [0, 0.1) is 12.3 Å². The summed E-state index contributed by atoms with van der Waals surface area (Å²) in [7, 11) is 0. The van der Waals surface area contributed by atoms with E-state index in [-0.39, 0.29) is 0 Å². The van der Waals surface area contributed by atoms with Crippen LogP contribution >= 0.6 is 0 Å². The number of rotatable bonds is 1. The van der Waals surface area contributed by atoms with Gasteiger partial charge in [0.05, 0.1) is 11.2 Å². The first kappa shape index (κ1) is 11.7. The third-order valence-electron chi connectivity index (χ3n) is 3.75. The Balaban J connectivity index is 2.02. The molecular formula is C19H12N2. The molecule has 0 aliphatic rings. The third kappa shape index (κ3) is 1.79. The fourth-order valence-corrected chi connectivity index (χ4v) is 2.72. The number of benzene rings is 2. The Labute approximate surface area is 122 Å². The predicted molar refractivity (Wildman–Crippen MR) is 87.0 cm³/mol. The summed E-state index contributed by atoms with van der Waals surface area (Å²) in [5.41, 5.74) is 5.08. The minimum atomic E-state index is 0.877. The van der Waals surface area contributed by atoms with E-state index in [1.807, 2.05) is 42.6 Å². The molecule has 0 saturated heterocycles. The third-order valence-corrected chi connectivity index (χ3v) is 3.75. The lowest BCUT2D eigenvalue weighted by atomic mass is 10.1. The van der Waals surface area contributed by atoms with Crippen molar-refractivity contribution in [1.29, 1.82) is 0 Å². The van der Waals surface area contributed by atoms with Crippen molar-refractivity contribution in [2.45, 2.75) is 0 Å². The van der Waals surface area contributed by atoms with E-state index in [4.69, 9.17) is 6.42 Å². The molecule has 0 aliphatic carbocycles. The van der Waals surface area contributed by atoms with Gasteiger partial charge in [0, 0.05) is 33.6 Å². The van der Waals surface area contributed by atoms with Crippen molar-refractivity contribution in [1.82, 2.24) is 9.97 Å². The number of hydrogen-bond donors (Lipinski definition) is 1. The van der Waals surface area contributed by atoms with Crippen molar-refractivity contribution >= 4 is 21.8 Å². The summed E-state index contributed by atoms with van der Waals surface area (Å²) in [6.07, 6.45) is 7.26. The largest absolute Gasteiger partial charge is 0.353 e. The first-order valence-electron chi connectivity index (χ1n) is 6.79. The van der Waals surface area contributed by atoms with Gasteiger partial charge in [-0.25, -0.2) is 0 Å². The number of aromatic nitrogens is 2. The van der Waals surface area contributed by atoms with Crippen LogP contribution in [0.4, 0.5) is 0 Å². The van der Waals surface area contributed by atoms with Gasteiger partial charge in [-0.05, 0) is 24.3 Å². The summed E-state index contributed by atoms with van der Waals surface area (Å²) in [6, 6.07) is 18.3. The summed E-state index contributed by atoms with van der Waals surface area (Å²) in [5.74, 6) is 2.64. The van der Waals surface area contributed by atoms with Crippen molar-refractivity contribution in [3.8, 4) is 23.6 Å². The Hall–Kier alpha value is -3.05. The number of pyridine rings is 1. The van der Waals surface area contributed by atoms with Gasteiger partial charge < -0.3 is 4.98 Å². The lowest BCUT2D eigenvalue weighted by Crippen LogP contribution is -1.85. The number of nitrogens with zero attached hydrogens (tertiary/aromatic N) is 1. The molecule has 1 N–H and O–H groups in total. The minimum absolute atomic E-state index is 0.877. The molecule has 2 heterocycles. The molecule has 2 heteroatoms. The van der Waals surface area contributed by atoms with Crippen molar-refractivity contribution in [2.24, 2.45) is 0 Å². The average molecular weight is 268 g/mol. The molecule has 0 atom stereocenters. The fourth-order valence-electron chi connectivity index (χ4n) is 2.72. The number of terminal acetylenes is 1. The van der Waals surface area contributed by atoms with E-state index in [2.05, 4.69) is 34.1 Å². The first-order chi connectivity index (χ1) is 10.4. The normalized spacial score (nSPS) is 10.8. The van der Waals surface area contributed by atoms with Crippen LogP contribution in [0.2, 0.25) is 0 Å². The number of para-hydroxylation sites is 1. The van der Waals surface area contributed by atoms with E-state index >= 15 is 0 Å². The molecule has 4 rings (SSSR count). The van der Waals surface area contributed by atoms with Gasteiger partial charge in [0.25, 0.3) is 0 Å². The maximum Gasteiger partial charge on any atom is 0.0943 e.